The standard InChI is InChI=1S/C17H22N2O6/c18-13(16(21)22)6-7-15(20)19-9-12(8-14(19)17(23)24)25-10-11-4-2-1-3-5-11/h1-5,12-14H,6-10,18H2,(H,21,22)(H,23,24)/t12-,13+,14?/m1/s1. The molecular weight excluding hydrogens is 328 g/mol. The Morgan fingerprint density at radius 1 is 1.24 bits per heavy atom. The number of amides is 1. The Balaban J connectivity index is 1.91. The van der Waals surface area contributed by atoms with Crippen molar-refractivity contribution in [1.29, 1.82) is 0 Å². The van der Waals surface area contributed by atoms with Crippen molar-refractivity contribution >= 4 is 17.8 Å². The van der Waals surface area contributed by atoms with Crippen molar-refractivity contribution in [2.45, 2.75) is 44.1 Å². The van der Waals surface area contributed by atoms with E-state index in [9.17, 15) is 19.5 Å². The molecule has 0 saturated carbocycles. The Bertz CT molecular complexity index is 621. The van der Waals surface area contributed by atoms with Gasteiger partial charge in [-0.15, -0.1) is 0 Å². The number of carbonyl (C=O) groups is 3. The van der Waals surface area contributed by atoms with Gasteiger partial charge in [-0.25, -0.2) is 4.79 Å². The van der Waals surface area contributed by atoms with Crippen LogP contribution in [0, 0.1) is 0 Å². The minimum absolute atomic E-state index is 0.0352. The summed E-state index contributed by atoms with van der Waals surface area (Å²) in [4.78, 5) is 35.6. The van der Waals surface area contributed by atoms with Crippen molar-refractivity contribution in [3.05, 3.63) is 35.9 Å². The highest BCUT2D eigenvalue weighted by atomic mass is 16.5. The smallest absolute Gasteiger partial charge is 0.326 e. The predicted molar refractivity (Wildman–Crippen MR) is 87.6 cm³/mol. The Hall–Kier alpha value is -2.45. The van der Waals surface area contributed by atoms with Gasteiger partial charge in [-0.1, -0.05) is 30.3 Å². The number of carboxylic acid groups (broad SMARTS) is 2. The molecule has 3 atom stereocenters. The van der Waals surface area contributed by atoms with Gasteiger partial charge in [0.1, 0.15) is 12.1 Å². The Kier molecular flexibility index (Phi) is 6.49. The van der Waals surface area contributed by atoms with Crippen molar-refractivity contribution in [3.63, 3.8) is 0 Å². The summed E-state index contributed by atoms with van der Waals surface area (Å²) in [6.07, 6.45) is -0.313. The summed E-state index contributed by atoms with van der Waals surface area (Å²) in [5.74, 6) is -2.70. The second kappa shape index (κ2) is 8.59. The average molecular weight is 350 g/mol. The number of nitrogens with zero attached hydrogens (tertiary/aromatic N) is 1. The van der Waals surface area contributed by atoms with Gasteiger partial charge in [-0.05, 0) is 12.0 Å². The van der Waals surface area contributed by atoms with Gasteiger partial charge >= 0.3 is 11.9 Å². The van der Waals surface area contributed by atoms with Crippen molar-refractivity contribution in [1.82, 2.24) is 4.90 Å². The highest BCUT2D eigenvalue weighted by Crippen LogP contribution is 2.23. The monoisotopic (exact) mass is 350 g/mol. The van der Waals surface area contributed by atoms with Crippen molar-refractivity contribution in [2.24, 2.45) is 5.73 Å². The highest BCUT2D eigenvalue weighted by molar-refractivity contribution is 5.85. The fourth-order valence-corrected chi connectivity index (χ4v) is 2.76. The number of aliphatic carboxylic acids is 2. The first-order valence-corrected chi connectivity index (χ1v) is 8.04. The Labute approximate surface area is 145 Å². The highest BCUT2D eigenvalue weighted by Gasteiger charge is 2.40. The third-order valence-corrected chi connectivity index (χ3v) is 4.18. The third-order valence-electron chi connectivity index (χ3n) is 4.18. The summed E-state index contributed by atoms with van der Waals surface area (Å²) in [5, 5.41) is 18.1. The first-order chi connectivity index (χ1) is 11.9. The fourth-order valence-electron chi connectivity index (χ4n) is 2.76. The first-order valence-electron chi connectivity index (χ1n) is 8.04. The molecule has 136 valence electrons. The SMILES string of the molecule is N[C@@H](CCC(=O)N1C[C@H](OCc2ccccc2)CC1C(=O)O)C(=O)O. The molecule has 1 aromatic rings. The van der Waals surface area contributed by atoms with E-state index in [1.54, 1.807) is 0 Å². The van der Waals surface area contributed by atoms with Crippen LogP contribution in [0.1, 0.15) is 24.8 Å². The van der Waals surface area contributed by atoms with E-state index in [-0.39, 0.29) is 31.9 Å². The largest absolute Gasteiger partial charge is 0.480 e. The molecule has 1 saturated heterocycles. The number of nitrogens with two attached hydrogens (primary N) is 1. The maximum absolute atomic E-state index is 12.3. The van der Waals surface area contributed by atoms with Gasteiger partial charge in [-0.3, -0.25) is 9.59 Å². The first kappa shape index (κ1) is 18.9. The maximum Gasteiger partial charge on any atom is 0.326 e. The molecule has 0 aromatic heterocycles. The van der Waals surface area contributed by atoms with Crippen molar-refractivity contribution in [2.75, 3.05) is 6.54 Å². The van der Waals surface area contributed by atoms with E-state index in [0.717, 1.165) is 5.56 Å². The van der Waals surface area contributed by atoms with Gasteiger partial charge < -0.3 is 25.6 Å². The summed E-state index contributed by atoms with van der Waals surface area (Å²) in [6.45, 7) is 0.509. The molecule has 0 radical (unpaired) electrons. The molecular formula is C17H22N2O6. The van der Waals surface area contributed by atoms with Crippen LogP contribution in [-0.4, -0.2) is 57.7 Å². The molecule has 25 heavy (non-hydrogen) atoms. The molecule has 4 N–H and O–H groups in total. The van der Waals surface area contributed by atoms with E-state index >= 15 is 0 Å². The lowest BCUT2D eigenvalue weighted by atomic mass is 10.1. The zero-order valence-corrected chi connectivity index (χ0v) is 13.7. The number of benzene rings is 1. The lowest BCUT2D eigenvalue weighted by Gasteiger charge is -2.21. The molecule has 1 aliphatic heterocycles. The van der Waals surface area contributed by atoms with Gasteiger partial charge in [0.25, 0.3) is 0 Å². The van der Waals surface area contributed by atoms with Gasteiger partial charge in [0.05, 0.1) is 12.7 Å². The summed E-state index contributed by atoms with van der Waals surface area (Å²) >= 11 is 0. The van der Waals surface area contributed by atoms with Crippen LogP contribution in [0.5, 0.6) is 0 Å². The molecule has 1 fully saturated rings. The third kappa shape index (κ3) is 5.27. The molecule has 0 aliphatic carbocycles. The zero-order valence-electron chi connectivity index (χ0n) is 13.7. The average Bonchev–Trinajstić information content (AvgIpc) is 3.03. The molecule has 1 aromatic carbocycles. The number of hydrogen-bond donors (Lipinski definition) is 3. The molecule has 0 spiro atoms. The number of hydrogen-bond acceptors (Lipinski definition) is 5. The van der Waals surface area contributed by atoms with Crippen LogP contribution in [0.25, 0.3) is 0 Å². The van der Waals surface area contributed by atoms with E-state index < -0.39 is 29.9 Å². The Morgan fingerprint density at radius 3 is 2.52 bits per heavy atom. The van der Waals surface area contributed by atoms with Crippen LogP contribution < -0.4 is 5.73 Å². The molecule has 8 heteroatoms. The molecule has 8 nitrogen and oxygen atoms in total. The minimum atomic E-state index is -1.19. The van der Waals surface area contributed by atoms with E-state index in [4.69, 9.17) is 15.6 Å². The van der Waals surface area contributed by atoms with Crippen LogP contribution >= 0.6 is 0 Å². The number of ether oxygens (including phenoxy) is 1. The maximum atomic E-state index is 12.3. The second-order valence-electron chi connectivity index (χ2n) is 6.04. The van der Waals surface area contributed by atoms with Crippen LogP contribution in [0.3, 0.4) is 0 Å². The van der Waals surface area contributed by atoms with E-state index in [0.29, 0.717) is 6.61 Å². The molecule has 1 heterocycles. The summed E-state index contributed by atoms with van der Waals surface area (Å²) in [6, 6.07) is 7.36. The lowest BCUT2D eigenvalue weighted by molar-refractivity contribution is -0.148. The van der Waals surface area contributed by atoms with Crippen molar-refractivity contribution in [3.8, 4) is 0 Å². The predicted octanol–water partition coefficient (Wildman–Crippen LogP) is 0.449. The molecule has 0 bridgehead atoms. The van der Waals surface area contributed by atoms with Crippen LogP contribution in [-0.2, 0) is 25.7 Å². The van der Waals surface area contributed by atoms with E-state index in [1.165, 1.54) is 4.90 Å². The number of carbonyl (C=O) groups excluding carboxylic acids is 1. The normalized spacial score (nSPS) is 21.1. The van der Waals surface area contributed by atoms with Gasteiger partial charge in [0.2, 0.25) is 5.91 Å². The Morgan fingerprint density at radius 2 is 1.92 bits per heavy atom. The van der Waals surface area contributed by atoms with Crippen LogP contribution in [0.15, 0.2) is 30.3 Å². The summed E-state index contributed by atoms with van der Waals surface area (Å²) in [5.41, 5.74) is 6.35. The molecule has 1 aliphatic rings. The van der Waals surface area contributed by atoms with E-state index in [1.807, 2.05) is 30.3 Å². The number of likely N-dealkylation sites (tertiary alicyclic amines) is 1. The number of rotatable bonds is 8. The minimum Gasteiger partial charge on any atom is -0.480 e. The number of carboxylic acids is 2. The summed E-state index contributed by atoms with van der Waals surface area (Å²) in [7, 11) is 0. The second-order valence-corrected chi connectivity index (χ2v) is 6.04. The molecule has 2 rings (SSSR count). The van der Waals surface area contributed by atoms with Gasteiger partial charge in [0, 0.05) is 19.4 Å². The molecule has 1 unspecified atom stereocenters. The topological polar surface area (TPSA) is 130 Å². The quantitative estimate of drug-likeness (QED) is 0.620. The summed E-state index contributed by atoms with van der Waals surface area (Å²) < 4.78 is 5.74. The lowest BCUT2D eigenvalue weighted by Crippen LogP contribution is -2.41. The van der Waals surface area contributed by atoms with Gasteiger partial charge in [0.15, 0.2) is 0 Å². The van der Waals surface area contributed by atoms with Crippen molar-refractivity contribution < 1.29 is 29.3 Å². The fraction of sp³-hybridized carbons (Fsp3) is 0.471. The molecule has 1 amide bonds. The van der Waals surface area contributed by atoms with E-state index in [2.05, 4.69) is 0 Å². The van der Waals surface area contributed by atoms with Crippen LogP contribution in [0.2, 0.25) is 0 Å². The van der Waals surface area contributed by atoms with Crippen LogP contribution in [0.4, 0.5) is 0 Å². The van der Waals surface area contributed by atoms with Gasteiger partial charge in [-0.2, -0.15) is 0 Å². The zero-order chi connectivity index (χ0) is 18.4.